The zero-order valence-corrected chi connectivity index (χ0v) is 19.5. The fourth-order valence-electron chi connectivity index (χ4n) is 4.80. The Bertz CT molecular complexity index is 1170. The predicted octanol–water partition coefficient (Wildman–Crippen LogP) is 3.70. The molecule has 0 radical (unpaired) electrons. The Balaban J connectivity index is 1.25. The van der Waals surface area contributed by atoms with Crippen molar-refractivity contribution in [3.63, 3.8) is 0 Å². The van der Waals surface area contributed by atoms with Gasteiger partial charge >= 0.3 is 0 Å². The van der Waals surface area contributed by atoms with Gasteiger partial charge in [-0.2, -0.15) is 0 Å². The number of rotatable bonds is 5. The second kappa shape index (κ2) is 8.92. The first-order valence-corrected chi connectivity index (χ1v) is 13.8. The number of fused-ring (bicyclic) bond motifs is 1. The van der Waals surface area contributed by atoms with Gasteiger partial charge in [-0.15, -0.1) is 11.3 Å². The Morgan fingerprint density at radius 3 is 2.44 bits per heavy atom. The molecule has 0 saturated carbocycles. The van der Waals surface area contributed by atoms with Crippen LogP contribution in [0.5, 0.6) is 0 Å². The summed E-state index contributed by atoms with van der Waals surface area (Å²) >= 11 is 1.78. The molecule has 1 atom stereocenters. The average molecular weight is 470 g/mol. The molecule has 8 heteroatoms. The lowest BCUT2D eigenvalue weighted by molar-refractivity contribution is -0.120. The SMILES string of the molecule is O=C(CN1CCC(c2nc3ccccc3s2)CC1)N(c1ccccc1)C1CCS(=O)(=O)C1. The predicted molar refractivity (Wildman–Crippen MR) is 129 cm³/mol. The van der Waals surface area contributed by atoms with Gasteiger partial charge in [-0.25, -0.2) is 13.4 Å². The van der Waals surface area contributed by atoms with Crippen molar-refractivity contribution in [2.45, 2.75) is 31.2 Å². The van der Waals surface area contributed by atoms with Crippen molar-refractivity contribution < 1.29 is 13.2 Å². The maximum absolute atomic E-state index is 13.4. The summed E-state index contributed by atoms with van der Waals surface area (Å²) in [7, 11) is -3.08. The largest absolute Gasteiger partial charge is 0.307 e. The first-order chi connectivity index (χ1) is 15.5. The molecule has 6 nitrogen and oxygen atoms in total. The highest BCUT2D eigenvalue weighted by molar-refractivity contribution is 7.91. The van der Waals surface area contributed by atoms with Gasteiger partial charge in [0.2, 0.25) is 5.91 Å². The summed E-state index contributed by atoms with van der Waals surface area (Å²) in [6.07, 6.45) is 2.47. The van der Waals surface area contributed by atoms with E-state index in [0.29, 0.717) is 18.9 Å². The van der Waals surface area contributed by atoms with Crippen LogP contribution in [0.25, 0.3) is 10.2 Å². The van der Waals surface area contributed by atoms with E-state index < -0.39 is 9.84 Å². The van der Waals surface area contributed by atoms with E-state index in [1.54, 1.807) is 16.2 Å². The van der Waals surface area contributed by atoms with Gasteiger partial charge in [0.05, 0.1) is 39.3 Å². The third-order valence-corrected chi connectivity index (χ3v) is 9.43. The summed E-state index contributed by atoms with van der Waals surface area (Å²) < 4.78 is 25.4. The molecule has 1 amide bonds. The van der Waals surface area contributed by atoms with Crippen molar-refractivity contribution in [1.29, 1.82) is 0 Å². The van der Waals surface area contributed by atoms with Gasteiger partial charge in [-0.3, -0.25) is 9.69 Å². The van der Waals surface area contributed by atoms with Crippen LogP contribution in [0, 0.1) is 0 Å². The number of amides is 1. The quantitative estimate of drug-likeness (QED) is 0.570. The summed E-state index contributed by atoms with van der Waals surface area (Å²) in [6, 6.07) is 17.4. The van der Waals surface area contributed by atoms with Crippen molar-refractivity contribution in [2.75, 3.05) is 36.0 Å². The number of thiazole rings is 1. The van der Waals surface area contributed by atoms with Crippen LogP contribution in [0.15, 0.2) is 54.6 Å². The van der Waals surface area contributed by atoms with Crippen LogP contribution < -0.4 is 4.90 Å². The number of likely N-dealkylation sites (tertiary alicyclic amines) is 1. The van der Waals surface area contributed by atoms with Crippen molar-refractivity contribution >= 4 is 43.0 Å². The van der Waals surface area contributed by atoms with Crippen LogP contribution in [-0.2, 0) is 14.6 Å². The maximum atomic E-state index is 13.4. The molecule has 2 aliphatic heterocycles. The van der Waals surface area contributed by atoms with Crippen LogP contribution in [0.2, 0.25) is 0 Å². The Labute approximate surface area is 192 Å². The fraction of sp³-hybridized carbons (Fsp3) is 0.417. The molecular weight excluding hydrogens is 442 g/mol. The summed E-state index contributed by atoms with van der Waals surface area (Å²) in [5.41, 5.74) is 1.85. The standard InChI is InChI=1S/C24H27N3O3S2/c28-23(27(19-6-2-1-3-7-19)20-12-15-32(29,30)17-20)16-26-13-10-18(11-14-26)24-25-21-8-4-5-9-22(21)31-24/h1-9,18,20H,10-17H2. The van der Waals surface area contributed by atoms with E-state index in [0.717, 1.165) is 37.1 Å². The molecule has 5 rings (SSSR count). The Morgan fingerprint density at radius 2 is 1.75 bits per heavy atom. The van der Waals surface area contributed by atoms with Gasteiger partial charge in [0, 0.05) is 11.6 Å². The molecule has 168 valence electrons. The van der Waals surface area contributed by atoms with Gasteiger partial charge in [0.25, 0.3) is 0 Å². The third-order valence-electron chi connectivity index (χ3n) is 6.48. The minimum atomic E-state index is -3.08. The smallest absolute Gasteiger partial charge is 0.241 e. The number of para-hydroxylation sites is 2. The molecule has 3 heterocycles. The van der Waals surface area contributed by atoms with E-state index in [2.05, 4.69) is 17.0 Å². The van der Waals surface area contributed by atoms with Gasteiger partial charge in [0.15, 0.2) is 9.84 Å². The lowest BCUT2D eigenvalue weighted by Gasteiger charge is -2.34. The number of sulfone groups is 1. The summed E-state index contributed by atoms with van der Waals surface area (Å²) in [6.45, 7) is 2.01. The van der Waals surface area contributed by atoms with E-state index in [1.807, 2.05) is 42.5 Å². The molecule has 32 heavy (non-hydrogen) atoms. The first kappa shape index (κ1) is 21.6. The number of carbonyl (C=O) groups excluding carboxylic acids is 1. The molecule has 2 saturated heterocycles. The van der Waals surface area contributed by atoms with E-state index in [4.69, 9.17) is 4.98 Å². The molecule has 0 spiro atoms. The van der Waals surface area contributed by atoms with Crippen molar-refractivity contribution in [3.8, 4) is 0 Å². The zero-order valence-electron chi connectivity index (χ0n) is 17.9. The molecule has 1 unspecified atom stereocenters. The molecule has 0 aliphatic carbocycles. The second-order valence-electron chi connectivity index (χ2n) is 8.73. The third kappa shape index (κ3) is 4.58. The van der Waals surface area contributed by atoms with Crippen molar-refractivity contribution in [3.05, 3.63) is 59.6 Å². The average Bonchev–Trinajstić information content (AvgIpc) is 3.38. The highest BCUT2D eigenvalue weighted by atomic mass is 32.2. The lowest BCUT2D eigenvalue weighted by Crippen LogP contribution is -2.48. The van der Waals surface area contributed by atoms with Crippen LogP contribution in [0.4, 0.5) is 5.69 Å². The summed E-state index contributed by atoms with van der Waals surface area (Å²) in [5, 5.41) is 1.19. The fourth-order valence-corrected chi connectivity index (χ4v) is 7.63. The lowest BCUT2D eigenvalue weighted by atomic mass is 9.97. The van der Waals surface area contributed by atoms with Crippen molar-refractivity contribution in [1.82, 2.24) is 9.88 Å². The maximum Gasteiger partial charge on any atom is 0.241 e. The molecule has 1 aromatic heterocycles. The monoisotopic (exact) mass is 469 g/mol. The van der Waals surface area contributed by atoms with E-state index in [9.17, 15) is 13.2 Å². The minimum Gasteiger partial charge on any atom is -0.307 e. The molecule has 2 fully saturated rings. The number of piperidine rings is 1. The number of hydrogen-bond acceptors (Lipinski definition) is 6. The van der Waals surface area contributed by atoms with Crippen LogP contribution in [0.3, 0.4) is 0 Å². The highest BCUT2D eigenvalue weighted by Crippen LogP contribution is 2.34. The van der Waals surface area contributed by atoms with Crippen LogP contribution >= 0.6 is 11.3 Å². The zero-order chi connectivity index (χ0) is 22.1. The molecule has 3 aromatic rings. The van der Waals surface area contributed by atoms with E-state index >= 15 is 0 Å². The highest BCUT2D eigenvalue weighted by Gasteiger charge is 2.36. The van der Waals surface area contributed by atoms with Crippen LogP contribution in [0.1, 0.15) is 30.2 Å². The van der Waals surface area contributed by atoms with Crippen LogP contribution in [-0.4, -0.2) is 61.4 Å². The Hall–Kier alpha value is -2.29. The van der Waals surface area contributed by atoms with E-state index in [-0.39, 0.29) is 23.5 Å². The summed E-state index contributed by atoms with van der Waals surface area (Å²) in [4.78, 5) is 22.1. The second-order valence-corrected chi connectivity index (χ2v) is 12.0. The molecule has 0 bridgehead atoms. The van der Waals surface area contributed by atoms with Gasteiger partial charge in [0.1, 0.15) is 0 Å². The number of nitrogens with zero attached hydrogens (tertiary/aromatic N) is 3. The number of hydrogen-bond donors (Lipinski definition) is 0. The number of anilines is 1. The van der Waals surface area contributed by atoms with Gasteiger partial charge in [-0.1, -0.05) is 30.3 Å². The van der Waals surface area contributed by atoms with Gasteiger partial charge < -0.3 is 4.90 Å². The van der Waals surface area contributed by atoms with Crippen molar-refractivity contribution in [2.24, 2.45) is 0 Å². The molecule has 2 aromatic carbocycles. The number of aromatic nitrogens is 1. The molecular formula is C24H27N3O3S2. The number of carbonyl (C=O) groups is 1. The molecule has 0 N–H and O–H groups in total. The first-order valence-electron chi connectivity index (χ1n) is 11.1. The summed E-state index contributed by atoms with van der Waals surface area (Å²) in [5.74, 6) is 0.621. The minimum absolute atomic E-state index is 0.0169. The molecule has 2 aliphatic rings. The van der Waals surface area contributed by atoms with E-state index in [1.165, 1.54) is 9.71 Å². The van der Waals surface area contributed by atoms with Gasteiger partial charge in [-0.05, 0) is 56.6 Å². The Kier molecular flexibility index (Phi) is 6.01. The Morgan fingerprint density at radius 1 is 1.03 bits per heavy atom. The number of benzene rings is 2. The normalized spacial score (nSPS) is 21.7. The topological polar surface area (TPSA) is 70.6 Å².